The summed E-state index contributed by atoms with van der Waals surface area (Å²) in [5.41, 5.74) is 5.43. The summed E-state index contributed by atoms with van der Waals surface area (Å²) in [4.78, 5) is 15.7. The fourth-order valence-corrected chi connectivity index (χ4v) is 5.48. The van der Waals surface area contributed by atoms with Crippen molar-refractivity contribution >= 4 is 22.8 Å². The molecule has 0 aliphatic carbocycles. The topological polar surface area (TPSA) is 71.4 Å². The van der Waals surface area contributed by atoms with Crippen LogP contribution in [0.2, 0.25) is 0 Å². The van der Waals surface area contributed by atoms with Gasteiger partial charge in [0.1, 0.15) is 24.0 Å². The van der Waals surface area contributed by atoms with E-state index in [1.54, 1.807) is 7.11 Å². The molecule has 1 aromatic heterocycles. The summed E-state index contributed by atoms with van der Waals surface area (Å²) in [5.74, 6) is 3.83. The maximum absolute atomic E-state index is 13.5. The van der Waals surface area contributed by atoms with Gasteiger partial charge >= 0.3 is 0 Å². The van der Waals surface area contributed by atoms with Gasteiger partial charge in [0.05, 0.1) is 12.7 Å². The van der Waals surface area contributed by atoms with Crippen LogP contribution in [-0.2, 0) is 20.1 Å². The summed E-state index contributed by atoms with van der Waals surface area (Å²) in [6.45, 7) is 3.99. The fourth-order valence-electron chi connectivity index (χ4n) is 5.48. The second-order valence-electron chi connectivity index (χ2n) is 9.83. The number of ketones is 1. The first-order chi connectivity index (χ1) is 18.5. The van der Waals surface area contributed by atoms with E-state index in [0.717, 1.165) is 56.2 Å². The number of ether oxygens (including phenoxy) is 5. The monoisotopic (exact) mass is 510 g/mol. The Balaban J connectivity index is 1.17. The molecule has 0 amide bonds. The molecule has 8 nitrogen and oxygen atoms in total. The molecular weight excluding hydrogens is 484 g/mol. The van der Waals surface area contributed by atoms with E-state index in [1.807, 2.05) is 73.3 Å². The standard InChI is InChI=1S/C30H26N2O6/c1-17-29-20(14-32(15-35-29)12-18-4-7-25-26(8-18)37-16-36-25)9-23-28(33)27(38-30(17)23)10-19-13-31(2)24-6-5-21(34-3)11-22(19)24/h4-11,13H,12,14-16H2,1-3H3/b27-10-. The van der Waals surface area contributed by atoms with Crippen molar-refractivity contribution in [2.24, 2.45) is 7.05 Å². The van der Waals surface area contributed by atoms with E-state index in [0.29, 0.717) is 36.9 Å². The number of hydrogen-bond donors (Lipinski definition) is 0. The van der Waals surface area contributed by atoms with Crippen molar-refractivity contribution in [3.8, 4) is 28.7 Å². The van der Waals surface area contributed by atoms with Crippen molar-refractivity contribution in [2.45, 2.75) is 20.0 Å². The predicted octanol–water partition coefficient (Wildman–Crippen LogP) is 5.19. The predicted molar refractivity (Wildman–Crippen MR) is 141 cm³/mol. The van der Waals surface area contributed by atoms with Crippen LogP contribution in [0.1, 0.15) is 32.6 Å². The number of aromatic nitrogens is 1. The highest BCUT2D eigenvalue weighted by molar-refractivity contribution is 6.15. The Bertz CT molecular complexity index is 1670. The van der Waals surface area contributed by atoms with Gasteiger partial charge in [0, 0.05) is 53.9 Å². The third-order valence-electron chi connectivity index (χ3n) is 7.36. The van der Waals surface area contributed by atoms with Gasteiger partial charge in [0.15, 0.2) is 17.3 Å². The zero-order chi connectivity index (χ0) is 26.0. The lowest BCUT2D eigenvalue weighted by Gasteiger charge is -2.30. The van der Waals surface area contributed by atoms with Crippen LogP contribution in [0.4, 0.5) is 0 Å². The second-order valence-corrected chi connectivity index (χ2v) is 9.83. The highest BCUT2D eigenvalue weighted by atomic mass is 16.7. The molecule has 7 rings (SSSR count). The van der Waals surface area contributed by atoms with E-state index in [1.165, 1.54) is 0 Å². The maximum atomic E-state index is 13.5. The molecular formula is C30H26N2O6. The van der Waals surface area contributed by atoms with Crippen LogP contribution in [0.3, 0.4) is 0 Å². The van der Waals surface area contributed by atoms with Gasteiger partial charge in [-0.2, -0.15) is 0 Å². The molecule has 0 radical (unpaired) electrons. The van der Waals surface area contributed by atoms with Crippen molar-refractivity contribution in [1.82, 2.24) is 9.47 Å². The van der Waals surface area contributed by atoms with Crippen LogP contribution in [0.15, 0.2) is 54.4 Å². The Kier molecular flexibility index (Phi) is 5.13. The molecule has 0 spiro atoms. The van der Waals surface area contributed by atoms with Gasteiger partial charge in [-0.1, -0.05) is 6.07 Å². The molecule has 3 aromatic carbocycles. The zero-order valence-corrected chi connectivity index (χ0v) is 21.4. The number of carbonyl (C=O) groups excluding carboxylic acids is 1. The van der Waals surface area contributed by atoms with Crippen LogP contribution in [0.5, 0.6) is 28.7 Å². The second kappa shape index (κ2) is 8.56. The normalized spacial score (nSPS) is 16.9. The Hall–Kier alpha value is -4.43. The third kappa shape index (κ3) is 3.60. The Labute approximate surface area is 219 Å². The summed E-state index contributed by atoms with van der Waals surface area (Å²) in [6, 6.07) is 13.8. The molecule has 8 heteroatoms. The van der Waals surface area contributed by atoms with E-state index < -0.39 is 0 Å². The molecule has 0 atom stereocenters. The van der Waals surface area contributed by atoms with Crippen LogP contribution in [0, 0.1) is 6.92 Å². The minimum Gasteiger partial charge on any atom is -0.497 e. The molecule has 0 fully saturated rings. The first-order valence-corrected chi connectivity index (χ1v) is 12.5. The van der Waals surface area contributed by atoms with Gasteiger partial charge in [-0.25, -0.2) is 0 Å². The van der Waals surface area contributed by atoms with Crippen molar-refractivity contribution in [3.05, 3.63) is 82.2 Å². The molecule has 0 saturated heterocycles. The fraction of sp³-hybridized carbons (Fsp3) is 0.233. The molecule has 0 unspecified atom stereocenters. The average molecular weight is 511 g/mol. The van der Waals surface area contributed by atoms with E-state index in [9.17, 15) is 4.79 Å². The van der Waals surface area contributed by atoms with Crippen molar-refractivity contribution in [1.29, 1.82) is 0 Å². The molecule has 192 valence electrons. The van der Waals surface area contributed by atoms with Gasteiger partial charge in [-0.3, -0.25) is 9.69 Å². The van der Waals surface area contributed by atoms with Crippen molar-refractivity contribution in [3.63, 3.8) is 0 Å². The molecule has 0 bridgehead atoms. The van der Waals surface area contributed by atoms with Gasteiger partial charge in [-0.15, -0.1) is 0 Å². The molecule has 3 aliphatic heterocycles. The van der Waals surface area contributed by atoms with E-state index >= 15 is 0 Å². The number of allylic oxidation sites excluding steroid dienone is 1. The minimum absolute atomic E-state index is 0.126. The lowest BCUT2D eigenvalue weighted by atomic mass is 9.99. The number of Topliss-reactive ketones (excluding diaryl/α,β-unsaturated/α-hetero) is 1. The third-order valence-corrected chi connectivity index (χ3v) is 7.36. The maximum Gasteiger partial charge on any atom is 0.231 e. The largest absolute Gasteiger partial charge is 0.497 e. The number of hydrogen-bond acceptors (Lipinski definition) is 7. The quantitative estimate of drug-likeness (QED) is 0.350. The molecule has 38 heavy (non-hydrogen) atoms. The van der Waals surface area contributed by atoms with Crippen LogP contribution in [-0.4, -0.2) is 35.9 Å². The first-order valence-electron chi connectivity index (χ1n) is 12.5. The lowest BCUT2D eigenvalue weighted by molar-refractivity contribution is 0.0876. The lowest BCUT2D eigenvalue weighted by Crippen LogP contribution is -2.32. The van der Waals surface area contributed by atoms with Crippen LogP contribution < -0.4 is 23.7 Å². The van der Waals surface area contributed by atoms with Gasteiger partial charge in [0.2, 0.25) is 12.6 Å². The number of nitrogens with zero attached hydrogens (tertiary/aromatic N) is 2. The zero-order valence-electron chi connectivity index (χ0n) is 21.4. The molecule has 3 aliphatic rings. The number of rotatable bonds is 4. The van der Waals surface area contributed by atoms with Gasteiger partial charge < -0.3 is 28.3 Å². The Morgan fingerprint density at radius 1 is 1.03 bits per heavy atom. The summed E-state index contributed by atoms with van der Waals surface area (Å²) in [5, 5.41) is 0.991. The van der Waals surface area contributed by atoms with Crippen molar-refractivity contribution < 1.29 is 28.5 Å². The number of carbonyl (C=O) groups is 1. The number of benzene rings is 3. The number of methoxy groups -OCH3 is 1. The summed E-state index contributed by atoms with van der Waals surface area (Å²) >= 11 is 0. The van der Waals surface area contributed by atoms with E-state index in [4.69, 9.17) is 23.7 Å². The minimum atomic E-state index is -0.126. The van der Waals surface area contributed by atoms with E-state index in [2.05, 4.69) is 4.90 Å². The van der Waals surface area contributed by atoms with E-state index in [-0.39, 0.29) is 12.6 Å². The van der Waals surface area contributed by atoms with Gasteiger partial charge in [0.25, 0.3) is 0 Å². The number of aryl methyl sites for hydroxylation is 1. The average Bonchev–Trinajstić information content (AvgIpc) is 3.60. The Morgan fingerprint density at radius 2 is 1.89 bits per heavy atom. The Morgan fingerprint density at radius 3 is 2.76 bits per heavy atom. The molecule has 4 heterocycles. The van der Waals surface area contributed by atoms with Crippen LogP contribution in [0.25, 0.3) is 17.0 Å². The highest BCUT2D eigenvalue weighted by Gasteiger charge is 2.34. The molecule has 4 aromatic rings. The summed E-state index contributed by atoms with van der Waals surface area (Å²) in [6.07, 6.45) is 3.81. The summed E-state index contributed by atoms with van der Waals surface area (Å²) < 4.78 is 30.7. The highest BCUT2D eigenvalue weighted by Crippen LogP contribution is 2.44. The number of fused-ring (bicyclic) bond motifs is 4. The molecule has 0 N–H and O–H groups in total. The SMILES string of the molecule is COc1ccc2c(c1)c(/C=C1\Oc3c(cc4c(c3C)OCN(Cc3ccc5c(c3)OCO5)C4)C1=O)cn2C. The van der Waals surface area contributed by atoms with Gasteiger partial charge in [-0.05, 0) is 55.0 Å². The van der Waals surface area contributed by atoms with Crippen LogP contribution >= 0.6 is 0 Å². The smallest absolute Gasteiger partial charge is 0.231 e. The van der Waals surface area contributed by atoms with Crippen molar-refractivity contribution in [2.75, 3.05) is 20.6 Å². The molecule has 0 saturated carbocycles. The first kappa shape index (κ1) is 22.7. The summed E-state index contributed by atoms with van der Waals surface area (Å²) in [7, 11) is 3.62.